The van der Waals surface area contributed by atoms with Crippen molar-refractivity contribution in [1.82, 2.24) is 19.5 Å². The number of anilines is 1. The monoisotopic (exact) mass is 281 g/mol. The third-order valence-electron chi connectivity index (χ3n) is 2.66. The Bertz CT molecular complexity index is 639. The summed E-state index contributed by atoms with van der Waals surface area (Å²) in [4.78, 5) is 4.20. The molecule has 0 spiro atoms. The molecule has 2 heterocycles. The van der Waals surface area contributed by atoms with Crippen molar-refractivity contribution in [3.63, 3.8) is 0 Å². The normalized spacial score (nSPS) is 11.7. The molecule has 2 rings (SSSR count). The average molecular weight is 281 g/mol. The minimum atomic E-state index is -3.54. The van der Waals surface area contributed by atoms with Crippen LogP contribution in [0.5, 0.6) is 0 Å². The van der Waals surface area contributed by atoms with Crippen LogP contribution in [0.1, 0.15) is 5.56 Å². The molecule has 0 bridgehead atoms. The molecular weight excluding hydrogens is 266 g/mol. The molecule has 8 heteroatoms. The number of pyridine rings is 1. The minimum absolute atomic E-state index is 0.206. The second-order valence-electron chi connectivity index (χ2n) is 3.99. The highest BCUT2D eigenvalue weighted by molar-refractivity contribution is 7.89. The van der Waals surface area contributed by atoms with Crippen molar-refractivity contribution >= 4 is 15.8 Å². The maximum atomic E-state index is 12.4. The number of sulfonamides is 1. The molecule has 0 aliphatic heterocycles. The molecule has 0 saturated carbocycles. The lowest BCUT2D eigenvalue weighted by atomic mass is 10.4. The van der Waals surface area contributed by atoms with Crippen LogP contribution >= 0.6 is 0 Å². The Labute approximate surface area is 111 Å². The van der Waals surface area contributed by atoms with Crippen molar-refractivity contribution in [3.05, 3.63) is 36.3 Å². The van der Waals surface area contributed by atoms with Crippen LogP contribution in [0.3, 0.4) is 0 Å². The molecule has 0 radical (unpaired) electrons. The molecule has 0 unspecified atom stereocenters. The molecular formula is C11H15N5O2S. The number of H-pyrrole nitrogens is 1. The number of rotatable bonds is 5. The predicted molar refractivity (Wildman–Crippen MR) is 71.0 cm³/mol. The molecule has 0 saturated heterocycles. The zero-order valence-electron chi connectivity index (χ0n) is 10.7. The quantitative estimate of drug-likeness (QED) is 0.840. The minimum Gasteiger partial charge on any atom is -0.373 e. The largest absolute Gasteiger partial charge is 0.373 e. The van der Waals surface area contributed by atoms with Gasteiger partial charge in [-0.3, -0.25) is 5.10 Å². The Morgan fingerprint density at radius 3 is 2.89 bits per heavy atom. The van der Waals surface area contributed by atoms with Crippen LogP contribution in [0.4, 0.5) is 5.82 Å². The van der Waals surface area contributed by atoms with E-state index in [1.165, 1.54) is 29.7 Å². The van der Waals surface area contributed by atoms with Crippen molar-refractivity contribution in [2.75, 3.05) is 19.4 Å². The SMILES string of the molecule is CNc1cc(S(=O)(=O)N(C)Cc2cn[nH]c2)ccn1. The van der Waals surface area contributed by atoms with Gasteiger partial charge in [0.05, 0.1) is 11.1 Å². The van der Waals surface area contributed by atoms with E-state index in [2.05, 4.69) is 20.5 Å². The molecule has 2 N–H and O–H groups in total. The van der Waals surface area contributed by atoms with Crippen molar-refractivity contribution in [2.24, 2.45) is 0 Å². The highest BCUT2D eigenvalue weighted by Crippen LogP contribution is 2.18. The third kappa shape index (κ3) is 2.91. The van der Waals surface area contributed by atoms with Crippen LogP contribution in [0.25, 0.3) is 0 Å². The Morgan fingerprint density at radius 2 is 2.26 bits per heavy atom. The van der Waals surface area contributed by atoms with E-state index in [1.807, 2.05) is 0 Å². The summed E-state index contributed by atoms with van der Waals surface area (Å²) in [7, 11) is -0.318. The average Bonchev–Trinajstić information content (AvgIpc) is 2.91. The molecule has 0 atom stereocenters. The van der Waals surface area contributed by atoms with Crippen LogP contribution in [-0.2, 0) is 16.6 Å². The van der Waals surface area contributed by atoms with Gasteiger partial charge in [-0.25, -0.2) is 13.4 Å². The summed E-state index contributed by atoms with van der Waals surface area (Å²) in [6.45, 7) is 0.260. The van der Waals surface area contributed by atoms with Gasteiger partial charge in [0.1, 0.15) is 5.82 Å². The van der Waals surface area contributed by atoms with Gasteiger partial charge in [-0.2, -0.15) is 9.40 Å². The van der Waals surface area contributed by atoms with E-state index in [9.17, 15) is 8.42 Å². The zero-order valence-corrected chi connectivity index (χ0v) is 11.5. The Morgan fingerprint density at radius 1 is 1.47 bits per heavy atom. The maximum absolute atomic E-state index is 12.4. The van der Waals surface area contributed by atoms with Crippen LogP contribution in [0.15, 0.2) is 35.6 Å². The first-order chi connectivity index (χ1) is 9.04. The van der Waals surface area contributed by atoms with Crippen molar-refractivity contribution < 1.29 is 8.42 Å². The first-order valence-electron chi connectivity index (χ1n) is 5.62. The van der Waals surface area contributed by atoms with E-state index in [1.54, 1.807) is 19.4 Å². The van der Waals surface area contributed by atoms with E-state index in [0.717, 1.165) is 5.56 Å². The van der Waals surface area contributed by atoms with Gasteiger partial charge in [0.15, 0.2) is 0 Å². The summed E-state index contributed by atoms with van der Waals surface area (Å²) >= 11 is 0. The van der Waals surface area contributed by atoms with Gasteiger partial charge in [-0.1, -0.05) is 0 Å². The van der Waals surface area contributed by atoms with Crippen LogP contribution in [0.2, 0.25) is 0 Å². The fourth-order valence-electron chi connectivity index (χ4n) is 1.59. The lowest BCUT2D eigenvalue weighted by Crippen LogP contribution is -2.26. The molecule has 19 heavy (non-hydrogen) atoms. The van der Waals surface area contributed by atoms with Gasteiger partial charge in [-0.05, 0) is 6.07 Å². The third-order valence-corrected chi connectivity index (χ3v) is 4.46. The van der Waals surface area contributed by atoms with E-state index in [4.69, 9.17) is 0 Å². The molecule has 2 aromatic heterocycles. The summed E-state index contributed by atoms with van der Waals surface area (Å²) in [6, 6.07) is 2.98. The molecule has 7 nitrogen and oxygen atoms in total. The fraction of sp³-hybridized carbons (Fsp3) is 0.273. The molecule has 0 fully saturated rings. The zero-order chi connectivity index (χ0) is 13.9. The first-order valence-corrected chi connectivity index (χ1v) is 7.06. The maximum Gasteiger partial charge on any atom is 0.243 e. The van der Waals surface area contributed by atoms with Crippen LogP contribution in [-0.4, -0.2) is 42.0 Å². The number of nitrogens with one attached hydrogen (secondary N) is 2. The van der Waals surface area contributed by atoms with Gasteiger partial charge >= 0.3 is 0 Å². The van der Waals surface area contributed by atoms with Gasteiger partial charge in [0.25, 0.3) is 0 Å². The highest BCUT2D eigenvalue weighted by atomic mass is 32.2. The van der Waals surface area contributed by atoms with Gasteiger partial charge in [0.2, 0.25) is 10.0 Å². The second kappa shape index (κ2) is 5.37. The van der Waals surface area contributed by atoms with Crippen LogP contribution in [0, 0.1) is 0 Å². The number of hydrogen-bond donors (Lipinski definition) is 2. The predicted octanol–water partition coefficient (Wildman–Crippen LogP) is 0.667. The molecule has 0 amide bonds. The van der Waals surface area contributed by atoms with Crippen LogP contribution < -0.4 is 5.32 Å². The number of nitrogens with zero attached hydrogens (tertiary/aromatic N) is 3. The Balaban J connectivity index is 2.25. The Hall–Kier alpha value is -1.93. The summed E-state index contributed by atoms with van der Waals surface area (Å²) in [5.74, 6) is 0.512. The first kappa shape index (κ1) is 13.5. The topological polar surface area (TPSA) is 91.0 Å². The van der Waals surface area contributed by atoms with Gasteiger partial charge in [-0.15, -0.1) is 0 Å². The molecule has 0 aliphatic rings. The van der Waals surface area contributed by atoms with E-state index in [-0.39, 0.29) is 11.4 Å². The summed E-state index contributed by atoms with van der Waals surface area (Å²) in [6.07, 6.45) is 4.72. The van der Waals surface area contributed by atoms with E-state index < -0.39 is 10.0 Å². The molecule has 0 aliphatic carbocycles. The lowest BCUT2D eigenvalue weighted by Gasteiger charge is -2.16. The molecule has 0 aromatic carbocycles. The number of hydrogen-bond acceptors (Lipinski definition) is 5. The fourth-order valence-corrected chi connectivity index (χ4v) is 2.77. The standard InChI is InChI=1S/C11H15N5O2S/c1-12-11-5-10(3-4-13-11)19(17,18)16(2)8-9-6-14-15-7-9/h3-7H,8H2,1-2H3,(H,12,13)(H,14,15). The van der Waals surface area contributed by atoms with Gasteiger partial charge < -0.3 is 5.32 Å². The Kier molecular flexibility index (Phi) is 3.82. The van der Waals surface area contributed by atoms with Gasteiger partial charge in [0, 0.05) is 44.7 Å². The number of aromatic nitrogens is 3. The highest BCUT2D eigenvalue weighted by Gasteiger charge is 2.21. The molecule has 102 valence electrons. The number of aromatic amines is 1. The smallest absolute Gasteiger partial charge is 0.243 e. The van der Waals surface area contributed by atoms with Crippen molar-refractivity contribution in [1.29, 1.82) is 0 Å². The van der Waals surface area contributed by atoms with E-state index in [0.29, 0.717) is 5.82 Å². The summed E-state index contributed by atoms with van der Waals surface area (Å²) in [5.41, 5.74) is 0.800. The van der Waals surface area contributed by atoms with Crippen molar-refractivity contribution in [3.8, 4) is 0 Å². The van der Waals surface area contributed by atoms with E-state index >= 15 is 0 Å². The molecule has 2 aromatic rings. The summed E-state index contributed by atoms with van der Waals surface area (Å²) in [5, 5.41) is 9.26. The lowest BCUT2D eigenvalue weighted by molar-refractivity contribution is 0.467. The summed E-state index contributed by atoms with van der Waals surface area (Å²) < 4.78 is 26.0. The second-order valence-corrected chi connectivity index (χ2v) is 6.04. The van der Waals surface area contributed by atoms with Crippen molar-refractivity contribution in [2.45, 2.75) is 11.4 Å².